The molecule has 116 valence electrons. The lowest BCUT2D eigenvalue weighted by molar-refractivity contribution is 0.0669. The van der Waals surface area contributed by atoms with E-state index < -0.39 is 0 Å². The van der Waals surface area contributed by atoms with Gasteiger partial charge in [0.1, 0.15) is 5.75 Å². The molecule has 0 spiro atoms. The summed E-state index contributed by atoms with van der Waals surface area (Å²) < 4.78 is 1.75. The molecule has 2 aromatic rings. The number of piperidine rings is 1. The molecule has 1 saturated heterocycles. The second kappa shape index (κ2) is 6.14. The Kier molecular flexibility index (Phi) is 4.22. The molecule has 0 bridgehead atoms. The number of benzene rings is 1. The van der Waals surface area contributed by atoms with Crippen molar-refractivity contribution in [2.75, 3.05) is 13.1 Å². The van der Waals surface area contributed by atoms with Crippen molar-refractivity contribution in [3.05, 3.63) is 40.1 Å². The third-order valence-corrected chi connectivity index (χ3v) is 4.26. The monoisotopic (exact) mass is 340 g/mol. The number of amides is 1. The number of phenolic OH excluding ortho intramolecular Hbond substituents is 1. The first-order chi connectivity index (χ1) is 10.6. The number of rotatable bonds is 2. The highest BCUT2D eigenvalue weighted by Crippen LogP contribution is 2.33. The summed E-state index contributed by atoms with van der Waals surface area (Å²) in [6, 6.07) is 2.92. The van der Waals surface area contributed by atoms with Gasteiger partial charge in [-0.3, -0.25) is 4.79 Å². The Morgan fingerprint density at radius 2 is 2.18 bits per heavy atom. The fourth-order valence-electron chi connectivity index (χ4n) is 2.67. The number of carbonyl (C=O) groups excluding carboxylic acids is 1. The normalized spacial score (nSPS) is 18.5. The van der Waals surface area contributed by atoms with Crippen molar-refractivity contribution in [2.24, 2.45) is 0 Å². The van der Waals surface area contributed by atoms with E-state index in [-0.39, 0.29) is 28.3 Å². The molecular formula is C14H14Cl2N4O2. The lowest BCUT2D eigenvalue weighted by atomic mass is 10.0. The zero-order valence-electron chi connectivity index (χ0n) is 11.6. The molecule has 6 nitrogen and oxygen atoms in total. The smallest absolute Gasteiger partial charge is 0.257 e. The largest absolute Gasteiger partial charge is 0.506 e. The van der Waals surface area contributed by atoms with Crippen LogP contribution in [0.5, 0.6) is 5.75 Å². The zero-order chi connectivity index (χ0) is 15.7. The quantitative estimate of drug-likeness (QED) is 0.912. The summed E-state index contributed by atoms with van der Waals surface area (Å²) in [6.07, 6.45) is 5.18. The van der Waals surface area contributed by atoms with E-state index in [1.54, 1.807) is 22.0 Å². The highest BCUT2D eigenvalue weighted by molar-refractivity contribution is 6.36. The number of halogens is 2. The predicted octanol–water partition coefficient (Wildman–Crippen LogP) is 2.77. The van der Waals surface area contributed by atoms with Crippen molar-refractivity contribution in [2.45, 2.75) is 18.9 Å². The van der Waals surface area contributed by atoms with Crippen molar-refractivity contribution in [1.82, 2.24) is 19.9 Å². The van der Waals surface area contributed by atoms with Gasteiger partial charge in [-0.1, -0.05) is 28.4 Å². The summed E-state index contributed by atoms with van der Waals surface area (Å²) in [5.41, 5.74) is 0.122. The molecule has 22 heavy (non-hydrogen) atoms. The maximum absolute atomic E-state index is 12.6. The van der Waals surface area contributed by atoms with Crippen molar-refractivity contribution in [1.29, 1.82) is 0 Å². The molecule has 0 aliphatic carbocycles. The minimum absolute atomic E-state index is 0.0701. The summed E-state index contributed by atoms with van der Waals surface area (Å²) in [5.74, 6) is -0.523. The Balaban J connectivity index is 1.83. The van der Waals surface area contributed by atoms with Crippen molar-refractivity contribution >= 4 is 29.1 Å². The van der Waals surface area contributed by atoms with E-state index in [0.29, 0.717) is 18.1 Å². The molecule has 1 atom stereocenters. The second-order valence-corrected chi connectivity index (χ2v) is 6.06. The highest BCUT2D eigenvalue weighted by Gasteiger charge is 2.28. The minimum Gasteiger partial charge on any atom is -0.506 e. The molecule has 1 aromatic carbocycles. The van der Waals surface area contributed by atoms with E-state index in [1.807, 2.05) is 0 Å². The fraction of sp³-hybridized carbons (Fsp3) is 0.357. The number of aromatic hydroxyl groups is 1. The minimum atomic E-state index is -0.285. The van der Waals surface area contributed by atoms with Crippen LogP contribution in [0.15, 0.2) is 24.5 Å². The van der Waals surface area contributed by atoms with Crippen molar-refractivity contribution in [3.63, 3.8) is 0 Å². The Morgan fingerprint density at radius 3 is 2.91 bits per heavy atom. The average Bonchev–Trinajstić information content (AvgIpc) is 3.05. The van der Waals surface area contributed by atoms with E-state index in [4.69, 9.17) is 23.2 Å². The van der Waals surface area contributed by atoms with E-state index >= 15 is 0 Å². The third kappa shape index (κ3) is 2.89. The Hall–Kier alpha value is -1.79. The van der Waals surface area contributed by atoms with Gasteiger partial charge in [-0.2, -0.15) is 0 Å². The number of hydrogen-bond acceptors (Lipinski definition) is 4. The van der Waals surface area contributed by atoms with Crippen LogP contribution >= 0.6 is 23.2 Å². The van der Waals surface area contributed by atoms with Crippen LogP contribution in [0.3, 0.4) is 0 Å². The Morgan fingerprint density at radius 1 is 1.36 bits per heavy atom. The topological polar surface area (TPSA) is 71.2 Å². The first-order valence-corrected chi connectivity index (χ1v) is 7.65. The molecule has 1 aromatic heterocycles. The van der Waals surface area contributed by atoms with Crippen LogP contribution in [0.1, 0.15) is 29.2 Å². The van der Waals surface area contributed by atoms with Crippen LogP contribution in [0.4, 0.5) is 0 Å². The van der Waals surface area contributed by atoms with Gasteiger partial charge < -0.3 is 10.0 Å². The summed E-state index contributed by atoms with van der Waals surface area (Å²) in [4.78, 5) is 14.3. The average molecular weight is 341 g/mol. The maximum Gasteiger partial charge on any atom is 0.257 e. The zero-order valence-corrected chi connectivity index (χ0v) is 13.1. The van der Waals surface area contributed by atoms with Gasteiger partial charge in [0.25, 0.3) is 5.91 Å². The fourth-order valence-corrected chi connectivity index (χ4v) is 3.16. The predicted molar refractivity (Wildman–Crippen MR) is 82.3 cm³/mol. The Bertz CT molecular complexity index is 690. The molecule has 1 fully saturated rings. The van der Waals surface area contributed by atoms with Gasteiger partial charge in [0.15, 0.2) is 0 Å². The third-order valence-electron chi connectivity index (χ3n) is 3.76. The number of phenols is 1. The molecule has 0 saturated carbocycles. The number of aromatic nitrogens is 3. The standard InChI is InChI=1S/C14H14Cl2N4O2/c15-9-6-11(13(21)12(16)7-9)14(22)19-4-1-2-10(8-19)20-5-3-17-18-20/h3,5-7,10,21H,1-2,4,8H2. The van der Waals surface area contributed by atoms with E-state index in [1.165, 1.54) is 12.1 Å². The van der Waals surface area contributed by atoms with Gasteiger partial charge in [-0.05, 0) is 25.0 Å². The van der Waals surface area contributed by atoms with Crippen LogP contribution < -0.4 is 0 Å². The van der Waals surface area contributed by atoms with Gasteiger partial charge in [0, 0.05) is 24.3 Å². The summed E-state index contributed by atoms with van der Waals surface area (Å²) in [6.45, 7) is 1.12. The maximum atomic E-state index is 12.6. The lowest BCUT2D eigenvalue weighted by Crippen LogP contribution is -2.40. The van der Waals surface area contributed by atoms with Crippen LogP contribution in [-0.2, 0) is 0 Å². The summed E-state index contributed by atoms with van der Waals surface area (Å²) in [7, 11) is 0. The van der Waals surface area contributed by atoms with Crippen LogP contribution in [-0.4, -0.2) is 44.0 Å². The molecular weight excluding hydrogens is 327 g/mol. The molecule has 1 unspecified atom stereocenters. The molecule has 1 aliphatic rings. The van der Waals surface area contributed by atoms with Gasteiger partial charge in [0.2, 0.25) is 0 Å². The molecule has 3 rings (SSSR count). The van der Waals surface area contributed by atoms with Gasteiger partial charge in [0.05, 0.1) is 22.8 Å². The SMILES string of the molecule is O=C(c1cc(Cl)cc(Cl)c1O)N1CCCC(n2ccnn2)C1. The molecule has 1 aliphatic heterocycles. The van der Waals surface area contributed by atoms with Crippen LogP contribution in [0.2, 0.25) is 10.0 Å². The lowest BCUT2D eigenvalue weighted by Gasteiger charge is -2.32. The Labute approximate surface area is 137 Å². The summed E-state index contributed by atoms with van der Waals surface area (Å²) in [5, 5.41) is 18.2. The molecule has 0 radical (unpaired) electrons. The highest BCUT2D eigenvalue weighted by atomic mass is 35.5. The van der Waals surface area contributed by atoms with Crippen molar-refractivity contribution in [3.8, 4) is 5.75 Å². The number of hydrogen-bond donors (Lipinski definition) is 1. The van der Waals surface area contributed by atoms with Crippen molar-refractivity contribution < 1.29 is 9.90 Å². The summed E-state index contributed by atoms with van der Waals surface area (Å²) >= 11 is 11.8. The molecule has 1 N–H and O–H groups in total. The van der Waals surface area contributed by atoms with E-state index in [2.05, 4.69) is 10.3 Å². The first kappa shape index (κ1) is 15.1. The van der Waals surface area contributed by atoms with Gasteiger partial charge in [-0.15, -0.1) is 5.10 Å². The van der Waals surface area contributed by atoms with Gasteiger partial charge >= 0.3 is 0 Å². The number of carbonyl (C=O) groups is 1. The number of nitrogens with zero attached hydrogens (tertiary/aromatic N) is 4. The molecule has 2 heterocycles. The van der Waals surface area contributed by atoms with E-state index in [0.717, 1.165) is 12.8 Å². The first-order valence-electron chi connectivity index (χ1n) is 6.89. The number of likely N-dealkylation sites (tertiary alicyclic amines) is 1. The molecule has 1 amide bonds. The second-order valence-electron chi connectivity index (χ2n) is 5.21. The van der Waals surface area contributed by atoms with Crippen LogP contribution in [0, 0.1) is 0 Å². The van der Waals surface area contributed by atoms with E-state index in [9.17, 15) is 9.90 Å². The molecule has 8 heteroatoms. The van der Waals surface area contributed by atoms with Gasteiger partial charge in [-0.25, -0.2) is 4.68 Å². The van der Waals surface area contributed by atoms with Crippen LogP contribution in [0.25, 0.3) is 0 Å².